The van der Waals surface area contributed by atoms with Crippen LogP contribution < -0.4 is 5.73 Å². The number of carbonyl (C=O) groups excluding carboxylic acids is 1. The number of rotatable bonds is 8. The van der Waals surface area contributed by atoms with E-state index in [0.717, 1.165) is 32.2 Å². The van der Waals surface area contributed by atoms with Crippen LogP contribution in [0, 0.1) is 0 Å². The maximum atomic E-state index is 11.8. The lowest BCUT2D eigenvalue weighted by molar-refractivity contribution is -0.130. The van der Waals surface area contributed by atoms with Crippen LogP contribution in [0.1, 0.15) is 46.0 Å². The van der Waals surface area contributed by atoms with Crippen molar-refractivity contribution in [3.05, 3.63) is 0 Å². The van der Waals surface area contributed by atoms with E-state index in [2.05, 4.69) is 6.92 Å². The average Bonchev–Trinajstić information content (AvgIpc) is 2.17. The summed E-state index contributed by atoms with van der Waals surface area (Å²) in [5.41, 5.74) is 5.45. The summed E-state index contributed by atoms with van der Waals surface area (Å²) in [6.07, 6.45) is 4.78. The zero-order valence-corrected chi connectivity index (χ0v) is 10.6. The normalized spacial score (nSPS) is 10.0. The second-order valence-electron chi connectivity index (χ2n) is 3.74. The molecule has 0 radical (unpaired) electrons. The molecule has 15 heavy (non-hydrogen) atoms. The Hall–Kier alpha value is -0.640. The molecule has 0 fully saturated rings. The van der Waals surface area contributed by atoms with E-state index in [1.54, 1.807) is 4.90 Å². The lowest BCUT2D eigenvalue weighted by Crippen LogP contribution is -2.38. The van der Waals surface area contributed by atoms with Gasteiger partial charge < -0.3 is 10.6 Å². The smallest absolute Gasteiger partial charge is 0.222 e. The summed E-state index contributed by atoms with van der Waals surface area (Å²) >= 11 is 4.82. The van der Waals surface area contributed by atoms with Crippen molar-refractivity contribution in [2.24, 2.45) is 5.73 Å². The molecule has 0 atom stereocenters. The minimum atomic E-state index is 0.179. The number of hydrogen-bond acceptors (Lipinski definition) is 2. The van der Waals surface area contributed by atoms with E-state index in [9.17, 15) is 4.79 Å². The maximum Gasteiger partial charge on any atom is 0.222 e. The van der Waals surface area contributed by atoms with Crippen molar-refractivity contribution in [3.63, 3.8) is 0 Å². The molecule has 0 aromatic heterocycles. The summed E-state index contributed by atoms with van der Waals surface area (Å²) in [6, 6.07) is 0. The highest BCUT2D eigenvalue weighted by atomic mass is 32.1. The van der Waals surface area contributed by atoms with Crippen molar-refractivity contribution in [1.29, 1.82) is 0 Å². The quantitative estimate of drug-likeness (QED) is 0.513. The maximum absolute atomic E-state index is 11.8. The molecule has 88 valence electrons. The van der Waals surface area contributed by atoms with Gasteiger partial charge >= 0.3 is 0 Å². The van der Waals surface area contributed by atoms with Gasteiger partial charge in [0.1, 0.15) is 0 Å². The van der Waals surface area contributed by atoms with Crippen LogP contribution in [0.5, 0.6) is 0 Å². The Bertz CT molecular complexity index is 207. The lowest BCUT2D eigenvalue weighted by atomic mass is 10.2. The van der Waals surface area contributed by atoms with Crippen LogP contribution in [0.25, 0.3) is 0 Å². The number of unbranched alkanes of at least 4 members (excludes halogenated alkanes) is 2. The highest BCUT2D eigenvalue weighted by molar-refractivity contribution is 7.80. The average molecular weight is 230 g/mol. The van der Waals surface area contributed by atoms with E-state index in [1.165, 1.54) is 0 Å². The Labute approximate surface area is 98.0 Å². The molecule has 2 N–H and O–H groups in total. The fourth-order valence-electron chi connectivity index (χ4n) is 1.43. The Morgan fingerprint density at radius 2 is 1.93 bits per heavy atom. The Morgan fingerprint density at radius 3 is 2.40 bits per heavy atom. The molecule has 3 nitrogen and oxygen atoms in total. The molecule has 0 spiro atoms. The highest BCUT2D eigenvalue weighted by Gasteiger charge is 2.12. The summed E-state index contributed by atoms with van der Waals surface area (Å²) in [7, 11) is 0. The number of hydrogen-bond donors (Lipinski definition) is 1. The molecule has 0 aliphatic heterocycles. The molecule has 0 saturated carbocycles. The zero-order valence-electron chi connectivity index (χ0n) is 9.79. The van der Waals surface area contributed by atoms with E-state index < -0.39 is 0 Å². The van der Waals surface area contributed by atoms with Gasteiger partial charge in [0.05, 0.1) is 11.5 Å². The van der Waals surface area contributed by atoms with Crippen molar-refractivity contribution >= 4 is 23.1 Å². The molecule has 0 rings (SSSR count). The molecule has 0 aromatic carbocycles. The summed E-state index contributed by atoms with van der Waals surface area (Å²) in [5.74, 6) is 0.179. The summed E-state index contributed by atoms with van der Waals surface area (Å²) in [5, 5.41) is 0. The van der Waals surface area contributed by atoms with Crippen LogP contribution in [0.15, 0.2) is 0 Å². The van der Waals surface area contributed by atoms with E-state index in [-0.39, 0.29) is 5.91 Å². The summed E-state index contributed by atoms with van der Waals surface area (Å²) in [4.78, 5) is 13.9. The van der Waals surface area contributed by atoms with Gasteiger partial charge in [0.25, 0.3) is 0 Å². The molecule has 0 heterocycles. The number of thiocarbonyl (C=S) groups is 1. The first kappa shape index (κ1) is 14.4. The minimum Gasteiger partial charge on any atom is -0.392 e. The van der Waals surface area contributed by atoms with Crippen molar-refractivity contribution in [2.45, 2.75) is 46.0 Å². The van der Waals surface area contributed by atoms with Crippen LogP contribution in [-0.4, -0.2) is 28.9 Å². The minimum absolute atomic E-state index is 0.179. The Balaban J connectivity index is 3.98. The zero-order chi connectivity index (χ0) is 11.7. The number of amides is 1. The molecule has 0 aliphatic carbocycles. The fourth-order valence-corrected chi connectivity index (χ4v) is 1.59. The van der Waals surface area contributed by atoms with Crippen molar-refractivity contribution in [2.75, 3.05) is 13.1 Å². The molecule has 0 aromatic rings. The van der Waals surface area contributed by atoms with Crippen molar-refractivity contribution in [3.8, 4) is 0 Å². The van der Waals surface area contributed by atoms with Gasteiger partial charge in [-0.05, 0) is 12.8 Å². The SMILES string of the molecule is CCCCCC(=O)N(CCC)CC(N)=S. The molecule has 4 heteroatoms. The predicted molar refractivity (Wildman–Crippen MR) is 67.8 cm³/mol. The summed E-state index contributed by atoms with van der Waals surface area (Å²) < 4.78 is 0. The van der Waals surface area contributed by atoms with Crippen LogP contribution in [-0.2, 0) is 4.79 Å². The Kier molecular flexibility index (Phi) is 8.28. The van der Waals surface area contributed by atoms with Gasteiger partial charge in [-0.25, -0.2) is 0 Å². The molecule has 0 aliphatic rings. The third-order valence-corrected chi connectivity index (χ3v) is 2.32. The topological polar surface area (TPSA) is 46.3 Å². The van der Waals surface area contributed by atoms with E-state index >= 15 is 0 Å². The third-order valence-electron chi connectivity index (χ3n) is 2.19. The largest absolute Gasteiger partial charge is 0.392 e. The van der Waals surface area contributed by atoms with Gasteiger partial charge in [-0.3, -0.25) is 4.79 Å². The van der Waals surface area contributed by atoms with Crippen LogP contribution in [0.2, 0.25) is 0 Å². The van der Waals surface area contributed by atoms with Crippen LogP contribution in [0.3, 0.4) is 0 Å². The standard InChI is InChI=1S/C11H22N2OS/c1-3-5-6-7-11(14)13(8-4-2)9-10(12)15/h3-9H2,1-2H3,(H2,12,15). The van der Waals surface area contributed by atoms with Gasteiger partial charge in [-0.2, -0.15) is 0 Å². The van der Waals surface area contributed by atoms with E-state index in [0.29, 0.717) is 18.0 Å². The molecule has 0 bridgehead atoms. The highest BCUT2D eigenvalue weighted by Crippen LogP contribution is 2.03. The Morgan fingerprint density at radius 1 is 1.27 bits per heavy atom. The molecular formula is C11H22N2OS. The van der Waals surface area contributed by atoms with E-state index in [4.69, 9.17) is 18.0 Å². The number of nitrogens with two attached hydrogens (primary N) is 1. The fraction of sp³-hybridized carbons (Fsp3) is 0.818. The van der Waals surface area contributed by atoms with Gasteiger partial charge in [-0.1, -0.05) is 38.9 Å². The van der Waals surface area contributed by atoms with E-state index in [1.807, 2.05) is 6.92 Å². The molecule has 0 unspecified atom stereocenters. The first-order valence-corrected chi connectivity index (χ1v) is 6.08. The number of nitrogens with zero attached hydrogens (tertiary/aromatic N) is 1. The monoisotopic (exact) mass is 230 g/mol. The third kappa shape index (κ3) is 7.31. The second-order valence-corrected chi connectivity index (χ2v) is 4.26. The molecular weight excluding hydrogens is 208 g/mol. The van der Waals surface area contributed by atoms with Gasteiger partial charge in [-0.15, -0.1) is 0 Å². The van der Waals surface area contributed by atoms with Gasteiger partial charge in [0.15, 0.2) is 0 Å². The molecule has 1 amide bonds. The van der Waals surface area contributed by atoms with Gasteiger partial charge in [0.2, 0.25) is 5.91 Å². The first-order valence-electron chi connectivity index (χ1n) is 5.67. The van der Waals surface area contributed by atoms with Crippen molar-refractivity contribution in [1.82, 2.24) is 4.90 Å². The molecule has 0 saturated heterocycles. The number of carbonyl (C=O) groups is 1. The second kappa shape index (κ2) is 8.65. The van der Waals surface area contributed by atoms with Crippen LogP contribution >= 0.6 is 12.2 Å². The lowest BCUT2D eigenvalue weighted by Gasteiger charge is -2.21. The van der Waals surface area contributed by atoms with Gasteiger partial charge in [0, 0.05) is 13.0 Å². The predicted octanol–water partition coefficient (Wildman–Crippen LogP) is 2.09. The van der Waals surface area contributed by atoms with Crippen molar-refractivity contribution < 1.29 is 4.79 Å². The first-order chi connectivity index (χ1) is 7.11. The van der Waals surface area contributed by atoms with Crippen LogP contribution in [0.4, 0.5) is 0 Å². The summed E-state index contributed by atoms with van der Waals surface area (Å²) in [6.45, 7) is 5.35.